The van der Waals surface area contributed by atoms with E-state index in [9.17, 15) is 0 Å². The van der Waals surface area contributed by atoms with Crippen LogP contribution >= 0.6 is 0 Å². The van der Waals surface area contributed by atoms with E-state index >= 15 is 0 Å². The van der Waals surface area contributed by atoms with Crippen LogP contribution in [0.5, 0.6) is 11.5 Å². The van der Waals surface area contributed by atoms with Crippen LogP contribution in [-0.2, 0) is 0 Å². The molecule has 0 aromatic heterocycles. The summed E-state index contributed by atoms with van der Waals surface area (Å²) in [4.78, 5) is 0. The molecule has 2 heteroatoms. The van der Waals surface area contributed by atoms with Crippen molar-refractivity contribution in [3.05, 3.63) is 30.3 Å². The van der Waals surface area contributed by atoms with Gasteiger partial charge in [0.25, 0.3) is 0 Å². The largest absolute Gasteiger partial charge is 0.493 e. The van der Waals surface area contributed by atoms with Crippen molar-refractivity contribution in [2.75, 3.05) is 13.2 Å². The molecule has 2 nitrogen and oxygen atoms in total. The minimum atomic E-state index is 0.683. The average Bonchev–Trinajstić information content (AvgIpc) is 2.68. The molecule has 0 amide bonds. The van der Waals surface area contributed by atoms with Crippen LogP contribution in [0.1, 0.15) is 98.5 Å². The van der Waals surface area contributed by atoms with Crippen molar-refractivity contribution in [3.8, 4) is 11.5 Å². The summed E-state index contributed by atoms with van der Waals surface area (Å²) in [6.07, 6.45) is 11.5. The molecule has 0 aliphatic rings. The lowest BCUT2D eigenvalue weighted by Crippen LogP contribution is -2.06. The van der Waals surface area contributed by atoms with Crippen LogP contribution in [0.3, 0.4) is 0 Å². The van der Waals surface area contributed by atoms with Gasteiger partial charge in [-0.2, -0.15) is 0 Å². The Labute approximate surface area is 187 Å². The molecule has 0 fully saturated rings. The van der Waals surface area contributed by atoms with E-state index in [1.165, 1.54) is 38.5 Å². The van der Waals surface area contributed by atoms with Gasteiger partial charge in [0, 0.05) is 11.6 Å². The Balaban J connectivity index is 2.35. The maximum absolute atomic E-state index is 5.99. The van der Waals surface area contributed by atoms with E-state index in [1.807, 2.05) is 12.1 Å². The molecule has 0 saturated carbocycles. The second-order valence-corrected chi connectivity index (χ2v) is 9.92. The maximum atomic E-state index is 5.99. The first-order chi connectivity index (χ1) is 14.3. The maximum Gasteiger partial charge on any atom is 0.128 e. The normalized spacial score (nSPS) is 13.5. The minimum Gasteiger partial charge on any atom is -0.493 e. The van der Waals surface area contributed by atoms with Gasteiger partial charge in [-0.3, -0.25) is 0 Å². The van der Waals surface area contributed by atoms with Crippen molar-refractivity contribution < 1.29 is 9.47 Å². The number of hydrogen-bond acceptors (Lipinski definition) is 2. The lowest BCUT2D eigenvalue weighted by Gasteiger charge is -2.15. The first-order valence-electron chi connectivity index (χ1n) is 12.2. The van der Waals surface area contributed by atoms with Gasteiger partial charge in [0.05, 0.1) is 13.2 Å². The van der Waals surface area contributed by atoms with Crippen molar-refractivity contribution >= 4 is 6.08 Å². The van der Waals surface area contributed by atoms with Gasteiger partial charge in [-0.1, -0.05) is 92.7 Å². The van der Waals surface area contributed by atoms with Gasteiger partial charge in [-0.15, -0.1) is 0 Å². The minimum absolute atomic E-state index is 0.683. The fraction of sp³-hybridized carbons (Fsp3) is 0.714. The predicted octanol–water partition coefficient (Wildman–Crippen LogP) is 8.40. The van der Waals surface area contributed by atoms with E-state index in [1.54, 1.807) is 6.08 Å². The number of hydrogen-bond donors (Lipinski definition) is 0. The highest BCUT2D eigenvalue weighted by Crippen LogP contribution is 2.26. The Morgan fingerprint density at radius 3 is 1.83 bits per heavy atom. The van der Waals surface area contributed by atoms with Crippen LogP contribution in [0.25, 0.3) is 6.08 Å². The molecule has 30 heavy (non-hydrogen) atoms. The van der Waals surface area contributed by atoms with Crippen LogP contribution in [0, 0.1) is 36.3 Å². The van der Waals surface area contributed by atoms with Crippen molar-refractivity contribution in [1.29, 1.82) is 0 Å². The van der Waals surface area contributed by atoms with Crippen LogP contribution in [0.2, 0.25) is 0 Å². The van der Waals surface area contributed by atoms with Gasteiger partial charge >= 0.3 is 0 Å². The molecule has 0 aliphatic heterocycles. The molecule has 2 unspecified atom stereocenters. The highest BCUT2D eigenvalue weighted by molar-refractivity contribution is 5.57. The molecular formula is C28H46O2. The van der Waals surface area contributed by atoms with Crippen LogP contribution in [0.15, 0.2) is 12.1 Å². The van der Waals surface area contributed by atoms with Gasteiger partial charge in [0.1, 0.15) is 11.5 Å². The summed E-state index contributed by atoms with van der Waals surface area (Å²) in [6.45, 7) is 21.0. The second kappa shape index (κ2) is 15.4. The number of benzene rings is 1. The van der Waals surface area contributed by atoms with Gasteiger partial charge in [0.2, 0.25) is 0 Å². The van der Waals surface area contributed by atoms with Crippen molar-refractivity contribution in [1.82, 2.24) is 0 Å². The average molecular weight is 415 g/mol. The third-order valence-corrected chi connectivity index (χ3v) is 5.79. The Morgan fingerprint density at radius 1 is 0.800 bits per heavy atom. The molecule has 2 radical (unpaired) electrons. The summed E-state index contributed by atoms with van der Waals surface area (Å²) in [6, 6.07) is 7.01. The SMILES string of the molecule is [CH]=Cc1cc(OCCC(C)CCCC(C)C)[c]cc1OCCC(C)CCCC(C)C. The third-order valence-electron chi connectivity index (χ3n) is 5.79. The van der Waals surface area contributed by atoms with E-state index in [4.69, 9.17) is 16.1 Å². The molecule has 2 atom stereocenters. The predicted molar refractivity (Wildman–Crippen MR) is 130 cm³/mol. The molecule has 0 N–H and O–H groups in total. The third kappa shape index (κ3) is 12.3. The Kier molecular flexibility index (Phi) is 13.6. The summed E-state index contributed by atoms with van der Waals surface area (Å²) in [5, 5.41) is 0. The van der Waals surface area contributed by atoms with Crippen LogP contribution < -0.4 is 9.47 Å². The first kappa shape index (κ1) is 26.6. The lowest BCUT2D eigenvalue weighted by atomic mass is 9.97. The molecule has 0 spiro atoms. The monoisotopic (exact) mass is 414 g/mol. The Bertz CT molecular complexity index is 576. The fourth-order valence-electron chi connectivity index (χ4n) is 3.59. The van der Waals surface area contributed by atoms with Gasteiger partial charge in [0.15, 0.2) is 0 Å². The molecular weight excluding hydrogens is 368 g/mol. The summed E-state index contributed by atoms with van der Waals surface area (Å²) >= 11 is 0. The van der Waals surface area contributed by atoms with Crippen molar-refractivity contribution in [2.45, 2.75) is 92.9 Å². The van der Waals surface area contributed by atoms with Crippen molar-refractivity contribution in [3.63, 3.8) is 0 Å². The Morgan fingerprint density at radius 2 is 1.33 bits per heavy atom. The summed E-state index contributed by atoms with van der Waals surface area (Å²) in [5.74, 6) is 4.50. The second-order valence-electron chi connectivity index (χ2n) is 9.92. The zero-order chi connectivity index (χ0) is 22.4. The highest BCUT2D eigenvalue weighted by Gasteiger charge is 2.08. The molecule has 1 aromatic carbocycles. The number of rotatable bonds is 17. The van der Waals surface area contributed by atoms with E-state index in [-0.39, 0.29) is 0 Å². The quantitative estimate of drug-likeness (QED) is 0.255. The fourth-order valence-corrected chi connectivity index (χ4v) is 3.59. The van der Waals surface area contributed by atoms with E-state index in [0.29, 0.717) is 18.4 Å². The summed E-state index contributed by atoms with van der Waals surface area (Å²) in [7, 11) is 0. The molecule has 1 rings (SSSR count). The van der Waals surface area contributed by atoms with E-state index in [2.05, 4.69) is 47.6 Å². The van der Waals surface area contributed by atoms with E-state index < -0.39 is 0 Å². The van der Waals surface area contributed by atoms with Crippen LogP contribution in [-0.4, -0.2) is 13.2 Å². The Hall–Kier alpha value is -1.44. The molecule has 0 saturated heterocycles. The summed E-state index contributed by atoms with van der Waals surface area (Å²) < 4.78 is 11.9. The lowest BCUT2D eigenvalue weighted by molar-refractivity contribution is 0.268. The highest BCUT2D eigenvalue weighted by atomic mass is 16.5. The van der Waals surface area contributed by atoms with Gasteiger partial charge < -0.3 is 9.47 Å². The molecule has 0 bridgehead atoms. The zero-order valence-corrected chi connectivity index (χ0v) is 20.5. The smallest absolute Gasteiger partial charge is 0.128 e. The molecule has 0 aliphatic carbocycles. The molecule has 0 heterocycles. The first-order valence-corrected chi connectivity index (χ1v) is 12.2. The van der Waals surface area contributed by atoms with Crippen molar-refractivity contribution in [2.24, 2.45) is 23.7 Å². The standard InChI is InChI=1S/C28H46O2/c1-8-26-21-27(29-19-17-24(6)13-9-11-22(2)3)15-16-28(26)30-20-18-25(7)14-10-12-23(4)5/h1,8,16,21-25H,9-14,17-20H2,2-7H3. The zero-order valence-electron chi connectivity index (χ0n) is 20.5. The van der Waals surface area contributed by atoms with Crippen LogP contribution in [0.4, 0.5) is 0 Å². The number of ether oxygens (including phenoxy) is 2. The van der Waals surface area contributed by atoms with E-state index in [0.717, 1.165) is 48.3 Å². The summed E-state index contributed by atoms with van der Waals surface area (Å²) in [5.41, 5.74) is 0.876. The molecule has 1 aromatic rings. The molecule has 170 valence electrons. The topological polar surface area (TPSA) is 18.5 Å². The van der Waals surface area contributed by atoms with Gasteiger partial charge in [-0.25, -0.2) is 0 Å². The van der Waals surface area contributed by atoms with Gasteiger partial charge in [-0.05, 0) is 48.6 Å².